The van der Waals surface area contributed by atoms with Gasteiger partial charge in [-0.15, -0.1) is 0 Å². The van der Waals surface area contributed by atoms with Gasteiger partial charge in [-0.25, -0.2) is 4.79 Å². The molecule has 0 spiro atoms. The Balaban J connectivity index is 2.81. The maximum absolute atomic E-state index is 13.7. The number of ether oxygens (including phenoxy) is 2. The van der Waals surface area contributed by atoms with E-state index in [1.165, 1.54) is 6.92 Å². The molecule has 0 radical (unpaired) electrons. The van der Waals surface area contributed by atoms with E-state index in [1.807, 2.05) is 0 Å². The fraction of sp³-hybridized carbons (Fsp3) is 0.900. The van der Waals surface area contributed by atoms with Crippen LogP contribution in [0.5, 0.6) is 0 Å². The third-order valence-electron chi connectivity index (χ3n) is 2.66. The van der Waals surface area contributed by atoms with Crippen LogP contribution in [0, 0.1) is 0 Å². The molecule has 16 heavy (non-hydrogen) atoms. The fourth-order valence-corrected chi connectivity index (χ4v) is 1.66. The summed E-state index contributed by atoms with van der Waals surface area (Å²) in [5, 5.41) is 9.85. The van der Waals surface area contributed by atoms with Crippen molar-refractivity contribution in [1.29, 1.82) is 0 Å². The fourth-order valence-electron chi connectivity index (χ4n) is 1.66. The molecule has 1 aliphatic heterocycles. The molecule has 0 amide bonds. The largest absolute Gasteiger partial charge is 0.461 e. The van der Waals surface area contributed by atoms with Crippen LogP contribution in [0.3, 0.4) is 0 Å². The third-order valence-corrected chi connectivity index (χ3v) is 2.66. The summed E-state index contributed by atoms with van der Waals surface area (Å²) in [6.45, 7) is 1.64. The second-order valence-electron chi connectivity index (χ2n) is 3.79. The van der Waals surface area contributed by atoms with Crippen molar-refractivity contribution >= 4 is 5.97 Å². The van der Waals surface area contributed by atoms with Crippen LogP contribution in [-0.4, -0.2) is 42.4 Å². The van der Waals surface area contributed by atoms with Crippen molar-refractivity contribution in [2.24, 2.45) is 0 Å². The SMILES string of the molecule is CCOC(=O)C(F)(F)C1(O)CCCOCC1. The number of carbonyl (C=O) groups excluding carboxylic acids is 1. The molecule has 1 saturated heterocycles. The molecular weight excluding hydrogens is 222 g/mol. The van der Waals surface area contributed by atoms with Crippen LogP contribution in [0.1, 0.15) is 26.2 Å². The predicted octanol–water partition coefficient (Wildman–Crippen LogP) is 1.12. The van der Waals surface area contributed by atoms with E-state index in [2.05, 4.69) is 4.74 Å². The Bertz CT molecular complexity index is 247. The summed E-state index contributed by atoms with van der Waals surface area (Å²) in [6.07, 6.45) is -0.136. The van der Waals surface area contributed by atoms with Crippen LogP contribution < -0.4 is 0 Å². The minimum Gasteiger partial charge on any atom is -0.461 e. The zero-order valence-electron chi connectivity index (χ0n) is 9.17. The molecule has 0 saturated carbocycles. The Kier molecular flexibility index (Phi) is 4.21. The van der Waals surface area contributed by atoms with Crippen molar-refractivity contribution in [1.82, 2.24) is 0 Å². The Hall–Kier alpha value is -0.750. The standard InChI is InChI=1S/C10H16F2O4/c1-2-16-8(13)10(11,12)9(14)4-3-6-15-7-5-9/h14H,2-7H2,1H3. The molecule has 0 aromatic carbocycles. The number of esters is 1. The Morgan fingerprint density at radius 3 is 2.81 bits per heavy atom. The number of rotatable bonds is 3. The molecule has 0 aliphatic carbocycles. The summed E-state index contributed by atoms with van der Waals surface area (Å²) in [5.41, 5.74) is -2.35. The molecule has 4 nitrogen and oxygen atoms in total. The summed E-state index contributed by atoms with van der Waals surface area (Å²) in [6, 6.07) is 0. The number of alkyl halides is 2. The predicted molar refractivity (Wildman–Crippen MR) is 51.2 cm³/mol. The van der Waals surface area contributed by atoms with Gasteiger partial charge in [0, 0.05) is 19.6 Å². The first-order chi connectivity index (χ1) is 7.44. The first kappa shape index (κ1) is 13.3. The number of aliphatic hydroxyl groups is 1. The van der Waals surface area contributed by atoms with Gasteiger partial charge >= 0.3 is 11.9 Å². The van der Waals surface area contributed by atoms with Crippen LogP contribution in [0.25, 0.3) is 0 Å². The molecule has 1 aliphatic rings. The van der Waals surface area contributed by atoms with Crippen LogP contribution in [0.4, 0.5) is 8.78 Å². The van der Waals surface area contributed by atoms with E-state index in [-0.39, 0.29) is 26.1 Å². The van der Waals surface area contributed by atoms with Gasteiger partial charge in [-0.2, -0.15) is 8.78 Å². The number of halogens is 2. The summed E-state index contributed by atoms with van der Waals surface area (Å²) in [4.78, 5) is 11.1. The van der Waals surface area contributed by atoms with Crippen LogP contribution >= 0.6 is 0 Å². The van der Waals surface area contributed by atoms with Gasteiger partial charge in [0.05, 0.1) is 6.61 Å². The Morgan fingerprint density at radius 2 is 2.19 bits per heavy atom. The second kappa shape index (κ2) is 5.05. The van der Waals surface area contributed by atoms with Crippen LogP contribution in [0.15, 0.2) is 0 Å². The first-order valence-corrected chi connectivity index (χ1v) is 5.29. The quantitative estimate of drug-likeness (QED) is 0.748. The van der Waals surface area contributed by atoms with Gasteiger partial charge in [-0.05, 0) is 19.8 Å². The lowest BCUT2D eigenvalue weighted by atomic mass is 9.88. The topological polar surface area (TPSA) is 55.8 Å². The van der Waals surface area contributed by atoms with E-state index in [9.17, 15) is 18.7 Å². The highest BCUT2D eigenvalue weighted by molar-refractivity contribution is 5.79. The van der Waals surface area contributed by atoms with Crippen LogP contribution in [-0.2, 0) is 14.3 Å². The minimum absolute atomic E-state index is 0.0193. The van der Waals surface area contributed by atoms with E-state index >= 15 is 0 Å². The maximum atomic E-state index is 13.7. The van der Waals surface area contributed by atoms with Gasteiger partial charge in [0.2, 0.25) is 0 Å². The second-order valence-corrected chi connectivity index (χ2v) is 3.79. The van der Waals surface area contributed by atoms with Crippen LogP contribution in [0.2, 0.25) is 0 Å². The van der Waals surface area contributed by atoms with Crippen molar-refractivity contribution in [3.05, 3.63) is 0 Å². The molecule has 1 N–H and O–H groups in total. The van der Waals surface area contributed by atoms with Crippen molar-refractivity contribution in [3.63, 3.8) is 0 Å². The maximum Gasteiger partial charge on any atom is 0.380 e. The Labute approximate surface area is 92.5 Å². The highest BCUT2D eigenvalue weighted by atomic mass is 19.3. The van der Waals surface area contributed by atoms with Gasteiger partial charge in [-0.1, -0.05) is 0 Å². The molecule has 1 rings (SSSR count). The molecule has 1 unspecified atom stereocenters. The molecule has 0 aromatic heterocycles. The average molecular weight is 238 g/mol. The van der Waals surface area contributed by atoms with E-state index < -0.39 is 17.5 Å². The van der Waals surface area contributed by atoms with E-state index in [4.69, 9.17) is 4.74 Å². The number of hydrogen-bond acceptors (Lipinski definition) is 4. The van der Waals surface area contributed by atoms with Gasteiger partial charge in [0.1, 0.15) is 5.60 Å². The number of hydrogen-bond donors (Lipinski definition) is 1. The summed E-state index contributed by atoms with van der Waals surface area (Å²) >= 11 is 0. The first-order valence-electron chi connectivity index (χ1n) is 5.29. The molecule has 1 heterocycles. The van der Waals surface area contributed by atoms with Crippen molar-refractivity contribution in [3.8, 4) is 0 Å². The lowest BCUT2D eigenvalue weighted by Crippen LogP contribution is -2.54. The summed E-state index contributed by atoms with van der Waals surface area (Å²) < 4.78 is 36.6. The van der Waals surface area contributed by atoms with Crippen molar-refractivity contribution in [2.45, 2.75) is 37.7 Å². The van der Waals surface area contributed by atoms with Gasteiger partial charge in [0.15, 0.2) is 0 Å². The summed E-state index contributed by atoms with van der Waals surface area (Å²) in [7, 11) is 0. The molecule has 0 aromatic rings. The molecule has 1 fully saturated rings. The lowest BCUT2D eigenvalue weighted by molar-refractivity contribution is -0.216. The van der Waals surface area contributed by atoms with E-state index in [0.717, 1.165) is 0 Å². The summed E-state index contributed by atoms with van der Waals surface area (Å²) in [5.74, 6) is -5.55. The molecule has 1 atom stereocenters. The monoisotopic (exact) mass is 238 g/mol. The molecule has 0 bridgehead atoms. The molecular formula is C10H16F2O4. The Morgan fingerprint density at radius 1 is 1.50 bits per heavy atom. The highest BCUT2D eigenvalue weighted by Crippen LogP contribution is 2.37. The molecule has 94 valence electrons. The van der Waals surface area contributed by atoms with Crippen molar-refractivity contribution < 1.29 is 28.2 Å². The van der Waals surface area contributed by atoms with Crippen molar-refractivity contribution in [2.75, 3.05) is 19.8 Å². The molecule has 6 heteroatoms. The van der Waals surface area contributed by atoms with Gasteiger partial charge in [-0.3, -0.25) is 0 Å². The number of carbonyl (C=O) groups is 1. The highest BCUT2D eigenvalue weighted by Gasteiger charge is 2.59. The smallest absolute Gasteiger partial charge is 0.380 e. The lowest BCUT2D eigenvalue weighted by Gasteiger charge is -2.32. The normalized spacial score (nSPS) is 27.2. The van der Waals surface area contributed by atoms with E-state index in [0.29, 0.717) is 13.0 Å². The van der Waals surface area contributed by atoms with Gasteiger partial charge in [0.25, 0.3) is 0 Å². The minimum atomic E-state index is -3.88. The zero-order valence-corrected chi connectivity index (χ0v) is 9.17. The van der Waals surface area contributed by atoms with E-state index in [1.54, 1.807) is 0 Å². The van der Waals surface area contributed by atoms with Gasteiger partial charge < -0.3 is 14.6 Å². The third kappa shape index (κ3) is 2.49. The zero-order chi connectivity index (χ0) is 12.2. The average Bonchev–Trinajstić information content (AvgIpc) is 2.44.